The third-order valence-corrected chi connectivity index (χ3v) is 7.97. The standard InChI is InChI=1S/C21H23BrN2O3S/c1-14-5-3-6-16(11-14)19-7-4-9-24(19)28(26,27)20-13-18(22)12-17-8-10-23(15(2)25)21(17)20/h3,5-6,11-13,19H,4,7-10H2,1-2H3/t19-/m0/s1. The lowest BCUT2D eigenvalue weighted by atomic mass is 10.0. The second-order valence-corrected chi connectivity index (χ2v) is 10.3. The zero-order valence-electron chi connectivity index (χ0n) is 16.0. The summed E-state index contributed by atoms with van der Waals surface area (Å²) in [5.41, 5.74) is 3.59. The number of carbonyl (C=O) groups is 1. The summed E-state index contributed by atoms with van der Waals surface area (Å²) in [6.07, 6.45) is 2.29. The Bertz CT molecular complexity index is 1050. The van der Waals surface area contributed by atoms with Crippen molar-refractivity contribution in [3.05, 3.63) is 57.6 Å². The van der Waals surface area contributed by atoms with E-state index in [0.29, 0.717) is 25.2 Å². The van der Waals surface area contributed by atoms with Crippen LogP contribution in [0.4, 0.5) is 5.69 Å². The van der Waals surface area contributed by atoms with Crippen molar-refractivity contribution in [3.63, 3.8) is 0 Å². The Labute approximate surface area is 174 Å². The Morgan fingerprint density at radius 1 is 1.18 bits per heavy atom. The van der Waals surface area contributed by atoms with Crippen molar-refractivity contribution in [2.45, 2.75) is 44.0 Å². The van der Waals surface area contributed by atoms with Crippen LogP contribution in [0, 0.1) is 6.92 Å². The number of hydrogen-bond donors (Lipinski definition) is 0. The van der Waals surface area contributed by atoms with Gasteiger partial charge in [-0.15, -0.1) is 0 Å². The normalized spacial score (nSPS) is 19.8. The molecule has 2 heterocycles. The van der Waals surface area contributed by atoms with E-state index in [2.05, 4.69) is 22.0 Å². The molecule has 2 aromatic rings. The van der Waals surface area contributed by atoms with Gasteiger partial charge in [-0.3, -0.25) is 4.79 Å². The average Bonchev–Trinajstić information content (AvgIpc) is 3.28. The van der Waals surface area contributed by atoms with Crippen LogP contribution in [-0.4, -0.2) is 31.7 Å². The van der Waals surface area contributed by atoms with Gasteiger partial charge in [-0.2, -0.15) is 4.31 Å². The third kappa shape index (κ3) is 3.29. The lowest BCUT2D eigenvalue weighted by Crippen LogP contribution is -2.33. The van der Waals surface area contributed by atoms with Crippen molar-refractivity contribution in [3.8, 4) is 0 Å². The van der Waals surface area contributed by atoms with E-state index in [4.69, 9.17) is 0 Å². The molecule has 1 amide bonds. The smallest absolute Gasteiger partial charge is 0.245 e. The molecule has 1 atom stereocenters. The van der Waals surface area contributed by atoms with Crippen LogP contribution < -0.4 is 4.90 Å². The van der Waals surface area contributed by atoms with Gasteiger partial charge in [0.2, 0.25) is 15.9 Å². The fourth-order valence-corrected chi connectivity index (χ4v) is 6.95. The lowest BCUT2D eigenvalue weighted by Gasteiger charge is -2.27. The second-order valence-electron chi connectivity index (χ2n) is 7.52. The van der Waals surface area contributed by atoms with Crippen LogP contribution in [0.1, 0.15) is 42.5 Å². The summed E-state index contributed by atoms with van der Waals surface area (Å²) in [6.45, 7) is 4.51. The van der Waals surface area contributed by atoms with Crippen LogP contribution >= 0.6 is 15.9 Å². The maximum Gasteiger partial charge on any atom is 0.245 e. The molecule has 0 saturated carbocycles. The van der Waals surface area contributed by atoms with Gasteiger partial charge in [0.25, 0.3) is 0 Å². The zero-order chi connectivity index (χ0) is 20.1. The summed E-state index contributed by atoms with van der Waals surface area (Å²) in [6, 6.07) is 11.4. The van der Waals surface area contributed by atoms with Crippen molar-refractivity contribution in [1.82, 2.24) is 4.31 Å². The van der Waals surface area contributed by atoms with Gasteiger partial charge in [0, 0.05) is 24.5 Å². The monoisotopic (exact) mass is 462 g/mol. The van der Waals surface area contributed by atoms with Gasteiger partial charge in [0.1, 0.15) is 4.90 Å². The number of rotatable bonds is 3. The van der Waals surface area contributed by atoms with Crippen molar-refractivity contribution in [2.75, 3.05) is 18.0 Å². The number of halogens is 1. The fraction of sp³-hybridized carbons (Fsp3) is 0.381. The van der Waals surface area contributed by atoms with E-state index < -0.39 is 10.0 Å². The van der Waals surface area contributed by atoms with Crippen LogP contribution in [0.5, 0.6) is 0 Å². The molecule has 5 nitrogen and oxygen atoms in total. The molecule has 2 aliphatic heterocycles. The van der Waals surface area contributed by atoms with Crippen molar-refractivity contribution in [1.29, 1.82) is 0 Å². The summed E-state index contributed by atoms with van der Waals surface area (Å²) in [7, 11) is -3.75. The summed E-state index contributed by atoms with van der Waals surface area (Å²) < 4.78 is 29.8. The minimum Gasteiger partial charge on any atom is -0.311 e. The molecular formula is C21H23BrN2O3S. The summed E-state index contributed by atoms with van der Waals surface area (Å²) in [5, 5.41) is 0. The molecule has 28 heavy (non-hydrogen) atoms. The molecule has 4 rings (SSSR count). The second kappa shape index (κ2) is 7.28. The number of fused-ring (bicyclic) bond motifs is 1. The first-order valence-electron chi connectivity index (χ1n) is 9.48. The molecular weight excluding hydrogens is 440 g/mol. The molecule has 148 valence electrons. The van der Waals surface area contributed by atoms with E-state index in [-0.39, 0.29) is 16.8 Å². The zero-order valence-corrected chi connectivity index (χ0v) is 18.4. The molecule has 0 aromatic heterocycles. The van der Waals surface area contributed by atoms with Gasteiger partial charge < -0.3 is 4.90 Å². The Morgan fingerprint density at radius 3 is 2.68 bits per heavy atom. The average molecular weight is 463 g/mol. The quantitative estimate of drug-likeness (QED) is 0.686. The SMILES string of the molecule is CC(=O)N1CCc2cc(Br)cc(S(=O)(=O)N3CCC[C@H]3c3cccc(C)c3)c21. The lowest BCUT2D eigenvalue weighted by molar-refractivity contribution is -0.116. The number of nitrogens with zero attached hydrogens (tertiary/aromatic N) is 2. The summed E-state index contributed by atoms with van der Waals surface area (Å²) >= 11 is 3.46. The number of hydrogen-bond acceptors (Lipinski definition) is 3. The maximum absolute atomic E-state index is 13.8. The maximum atomic E-state index is 13.8. The van der Waals surface area contributed by atoms with E-state index >= 15 is 0 Å². The van der Waals surface area contributed by atoms with E-state index in [1.54, 1.807) is 15.3 Å². The van der Waals surface area contributed by atoms with Crippen molar-refractivity contribution in [2.24, 2.45) is 0 Å². The van der Waals surface area contributed by atoms with Crippen molar-refractivity contribution >= 4 is 37.5 Å². The number of benzene rings is 2. The molecule has 1 fully saturated rings. The minimum absolute atomic E-state index is 0.130. The molecule has 0 bridgehead atoms. The summed E-state index contributed by atoms with van der Waals surface area (Å²) in [5.74, 6) is -0.130. The largest absolute Gasteiger partial charge is 0.311 e. The van der Waals surface area contributed by atoms with E-state index in [1.165, 1.54) is 6.92 Å². The highest BCUT2D eigenvalue weighted by Gasteiger charge is 2.40. The van der Waals surface area contributed by atoms with Crippen LogP contribution in [0.2, 0.25) is 0 Å². The topological polar surface area (TPSA) is 57.7 Å². The van der Waals surface area contributed by atoms with Crippen LogP contribution in [0.15, 0.2) is 45.8 Å². The van der Waals surface area contributed by atoms with E-state index in [1.807, 2.05) is 31.2 Å². The van der Waals surface area contributed by atoms with Crippen LogP contribution in [0.25, 0.3) is 0 Å². The van der Waals surface area contributed by atoms with Gasteiger partial charge in [0.05, 0.1) is 11.7 Å². The van der Waals surface area contributed by atoms with Gasteiger partial charge in [-0.25, -0.2) is 8.42 Å². The van der Waals surface area contributed by atoms with Crippen LogP contribution in [-0.2, 0) is 21.2 Å². The van der Waals surface area contributed by atoms with Gasteiger partial charge in [-0.05, 0) is 49.4 Å². The number of anilines is 1. The Hall–Kier alpha value is -1.70. The molecule has 2 aromatic carbocycles. The molecule has 2 aliphatic rings. The number of sulfonamides is 1. The number of carbonyl (C=O) groups excluding carboxylic acids is 1. The first kappa shape index (κ1) is 19.6. The summed E-state index contributed by atoms with van der Waals surface area (Å²) in [4.78, 5) is 13.9. The first-order valence-corrected chi connectivity index (χ1v) is 11.7. The minimum atomic E-state index is -3.75. The van der Waals surface area contributed by atoms with E-state index in [0.717, 1.165) is 34.0 Å². The van der Waals surface area contributed by atoms with E-state index in [9.17, 15) is 13.2 Å². The number of aryl methyl sites for hydroxylation is 1. The molecule has 7 heteroatoms. The van der Waals surface area contributed by atoms with Gasteiger partial charge in [0.15, 0.2) is 0 Å². The fourth-order valence-electron chi connectivity index (χ4n) is 4.35. The molecule has 1 saturated heterocycles. The predicted molar refractivity (Wildman–Crippen MR) is 113 cm³/mol. The molecule has 0 spiro atoms. The molecule has 0 aliphatic carbocycles. The Balaban J connectivity index is 1.82. The first-order chi connectivity index (χ1) is 13.3. The highest BCUT2D eigenvalue weighted by molar-refractivity contribution is 9.10. The Kier molecular flexibility index (Phi) is 5.10. The van der Waals surface area contributed by atoms with Crippen molar-refractivity contribution < 1.29 is 13.2 Å². The van der Waals surface area contributed by atoms with Gasteiger partial charge in [-0.1, -0.05) is 45.8 Å². The van der Waals surface area contributed by atoms with Gasteiger partial charge >= 0.3 is 0 Å². The van der Waals surface area contributed by atoms with Crippen LogP contribution in [0.3, 0.4) is 0 Å². The number of amides is 1. The predicted octanol–water partition coefficient (Wildman–Crippen LogP) is 4.19. The third-order valence-electron chi connectivity index (χ3n) is 5.59. The Morgan fingerprint density at radius 2 is 1.96 bits per heavy atom. The molecule has 0 unspecified atom stereocenters. The molecule has 0 radical (unpaired) electrons. The highest BCUT2D eigenvalue weighted by atomic mass is 79.9. The highest BCUT2D eigenvalue weighted by Crippen LogP contribution is 2.43. The molecule has 0 N–H and O–H groups in total.